The number of carbonyl (C=O) groups excluding carboxylic acids is 1. The minimum absolute atomic E-state index is 0.118. The van der Waals surface area contributed by atoms with Crippen LogP contribution >= 0.6 is 11.3 Å². The Bertz CT molecular complexity index is 615. The van der Waals surface area contributed by atoms with E-state index < -0.39 is 0 Å². The third-order valence-corrected chi connectivity index (χ3v) is 3.92. The average molecular weight is 290 g/mol. The van der Waals surface area contributed by atoms with E-state index in [2.05, 4.69) is 16.4 Å². The summed E-state index contributed by atoms with van der Waals surface area (Å²) in [5, 5.41) is 3.74. The summed E-state index contributed by atoms with van der Waals surface area (Å²) in [5.41, 5.74) is 3.81. The van der Waals surface area contributed by atoms with Crippen molar-refractivity contribution in [3.63, 3.8) is 0 Å². The maximum absolute atomic E-state index is 12.3. The zero-order chi connectivity index (χ0) is 14.7. The van der Waals surface area contributed by atoms with Crippen molar-refractivity contribution in [2.75, 3.05) is 12.4 Å². The third-order valence-electron chi connectivity index (χ3n) is 2.79. The number of nitrogens with one attached hydrogen (secondary N) is 1. The standard InChI is InChI=1S/C15H18N2O2S/c1-9-5-10(2)7-12(6-9)17-15(18)14-11(3)16-13(20-14)8-19-4/h5-7H,8H2,1-4H3,(H,17,18). The second-order valence-corrected chi connectivity index (χ2v) is 5.87. The van der Waals surface area contributed by atoms with Crippen molar-refractivity contribution in [2.45, 2.75) is 27.4 Å². The van der Waals surface area contributed by atoms with Crippen LogP contribution in [-0.2, 0) is 11.3 Å². The lowest BCUT2D eigenvalue weighted by atomic mass is 10.1. The van der Waals surface area contributed by atoms with Gasteiger partial charge < -0.3 is 10.1 Å². The van der Waals surface area contributed by atoms with Crippen LogP contribution in [0.2, 0.25) is 0 Å². The van der Waals surface area contributed by atoms with Gasteiger partial charge in [-0.2, -0.15) is 0 Å². The number of nitrogens with zero attached hydrogens (tertiary/aromatic N) is 1. The SMILES string of the molecule is COCc1nc(C)c(C(=O)Nc2cc(C)cc(C)c2)s1. The van der Waals surface area contributed by atoms with Gasteiger partial charge in [-0.05, 0) is 44.0 Å². The molecule has 1 aromatic carbocycles. The van der Waals surface area contributed by atoms with Crippen molar-refractivity contribution >= 4 is 22.9 Å². The normalized spacial score (nSPS) is 10.6. The van der Waals surface area contributed by atoms with Crippen molar-refractivity contribution in [3.05, 3.63) is 44.9 Å². The van der Waals surface area contributed by atoms with Crippen LogP contribution in [0.4, 0.5) is 5.69 Å². The Morgan fingerprint density at radius 2 is 1.90 bits per heavy atom. The molecule has 0 atom stereocenters. The Morgan fingerprint density at radius 3 is 2.50 bits per heavy atom. The van der Waals surface area contributed by atoms with Crippen LogP contribution in [0, 0.1) is 20.8 Å². The molecule has 20 heavy (non-hydrogen) atoms. The van der Waals surface area contributed by atoms with Crippen molar-refractivity contribution in [3.8, 4) is 0 Å². The maximum Gasteiger partial charge on any atom is 0.267 e. The molecule has 0 aliphatic rings. The van der Waals surface area contributed by atoms with E-state index in [0.29, 0.717) is 11.5 Å². The molecule has 2 rings (SSSR count). The monoisotopic (exact) mass is 290 g/mol. The molecule has 0 spiro atoms. The van der Waals surface area contributed by atoms with Crippen LogP contribution in [0.1, 0.15) is 31.5 Å². The fraction of sp³-hybridized carbons (Fsp3) is 0.333. The highest BCUT2D eigenvalue weighted by molar-refractivity contribution is 7.13. The number of amides is 1. The molecule has 0 saturated carbocycles. The highest BCUT2D eigenvalue weighted by atomic mass is 32.1. The van der Waals surface area contributed by atoms with E-state index in [1.54, 1.807) is 7.11 Å². The molecule has 0 unspecified atom stereocenters. The Balaban J connectivity index is 2.19. The number of thiazole rings is 1. The maximum atomic E-state index is 12.3. The van der Waals surface area contributed by atoms with Crippen LogP contribution in [0.25, 0.3) is 0 Å². The second-order valence-electron chi connectivity index (χ2n) is 4.79. The molecule has 1 N–H and O–H groups in total. The van der Waals surface area contributed by atoms with E-state index in [9.17, 15) is 4.79 Å². The fourth-order valence-corrected chi connectivity index (χ4v) is 3.01. The number of ether oxygens (including phenoxy) is 1. The molecule has 0 fully saturated rings. The van der Waals surface area contributed by atoms with E-state index in [0.717, 1.165) is 27.5 Å². The lowest BCUT2D eigenvalue weighted by Gasteiger charge is -2.06. The third kappa shape index (κ3) is 3.43. The van der Waals surface area contributed by atoms with Gasteiger partial charge in [-0.15, -0.1) is 11.3 Å². The van der Waals surface area contributed by atoms with E-state index in [4.69, 9.17) is 4.74 Å². The van der Waals surface area contributed by atoms with Gasteiger partial charge in [0.1, 0.15) is 9.88 Å². The molecule has 2 aromatic rings. The lowest BCUT2D eigenvalue weighted by molar-refractivity contribution is 0.103. The quantitative estimate of drug-likeness (QED) is 0.938. The lowest BCUT2D eigenvalue weighted by Crippen LogP contribution is -2.11. The Kier molecular flexibility index (Phi) is 4.52. The summed E-state index contributed by atoms with van der Waals surface area (Å²) in [7, 11) is 1.62. The molecule has 0 radical (unpaired) electrons. The first-order chi connectivity index (χ1) is 9.49. The number of carbonyl (C=O) groups is 1. The largest absolute Gasteiger partial charge is 0.378 e. The zero-order valence-electron chi connectivity index (χ0n) is 12.1. The Hall–Kier alpha value is -1.72. The molecule has 1 heterocycles. The van der Waals surface area contributed by atoms with Gasteiger partial charge in [0.05, 0.1) is 12.3 Å². The molecule has 0 aliphatic carbocycles. The summed E-state index contributed by atoms with van der Waals surface area (Å²) >= 11 is 1.37. The molecule has 4 nitrogen and oxygen atoms in total. The van der Waals surface area contributed by atoms with Crippen LogP contribution in [0.15, 0.2) is 18.2 Å². The smallest absolute Gasteiger partial charge is 0.267 e. The number of hydrogen-bond donors (Lipinski definition) is 1. The first kappa shape index (κ1) is 14.7. The fourth-order valence-electron chi connectivity index (χ4n) is 2.08. The van der Waals surface area contributed by atoms with Crippen LogP contribution in [-0.4, -0.2) is 18.0 Å². The van der Waals surface area contributed by atoms with Crippen molar-refractivity contribution in [1.82, 2.24) is 4.98 Å². The summed E-state index contributed by atoms with van der Waals surface area (Å²) in [6, 6.07) is 5.99. The van der Waals surface area contributed by atoms with Crippen LogP contribution < -0.4 is 5.32 Å². The Morgan fingerprint density at radius 1 is 1.25 bits per heavy atom. The highest BCUT2D eigenvalue weighted by Crippen LogP contribution is 2.21. The number of methoxy groups -OCH3 is 1. The minimum atomic E-state index is -0.118. The predicted octanol–water partition coefficient (Wildman–Crippen LogP) is 3.47. The summed E-state index contributed by atoms with van der Waals surface area (Å²) < 4.78 is 5.04. The summed E-state index contributed by atoms with van der Waals surface area (Å²) in [4.78, 5) is 17.3. The summed E-state index contributed by atoms with van der Waals surface area (Å²) in [5.74, 6) is -0.118. The van der Waals surface area contributed by atoms with Crippen molar-refractivity contribution in [1.29, 1.82) is 0 Å². The van der Waals surface area contributed by atoms with E-state index in [-0.39, 0.29) is 5.91 Å². The molecule has 0 bridgehead atoms. The molecule has 1 aromatic heterocycles. The van der Waals surface area contributed by atoms with Crippen molar-refractivity contribution in [2.24, 2.45) is 0 Å². The van der Waals surface area contributed by atoms with Gasteiger partial charge in [-0.3, -0.25) is 4.79 Å². The number of aryl methyl sites for hydroxylation is 3. The van der Waals surface area contributed by atoms with Gasteiger partial charge in [0, 0.05) is 12.8 Å². The molecule has 0 saturated heterocycles. The van der Waals surface area contributed by atoms with Crippen LogP contribution in [0.3, 0.4) is 0 Å². The number of benzene rings is 1. The van der Waals surface area contributed by atoms with Gasteiger partial charge in [-0.1, -0.05) is 6.07 Å². The van der Waals surface area contributed by atoms with Gasteiger partial charge in [0.25, 0.3) is 5.91 Å². The van der Waals surface area contributed by atoms with Crippen molar-refractivity contribution < 1.29 is 9.53 Å². The molecule has 106 valence electrons. The second kappa shape index (κ2) is 6.15. The number of rotatable bonds is 4. The molecule has 5 heteroatoms. The Labute approximate surface area is 122 Å². The highest BCUT2D eigenvalue weighted by Gasteiger charge is 2.15. The average Bonchev–Trinajstić information content (AvgIpc) is 2.69. The first-order valence-corrected chi connectivity index (χ1v) is 7.16. The van der Waals surface area contributed by atoms with E-state index in [1.165, 1.54) is 11.3 Å². The first-order valence-electron chi connectivity index (χ1n) is 6.34. The predicted molar refractivity (Wildman–Crippen MR) is 81.4 cm³/mol. The number of aromatic nitrogens is 1. The number of hydrogen-bond acceptors (Lipinski definition) is 4. The molecule has 0 aliphatic heterocycles. The van der Waals surface area contributed by atoms with Gasteiger partial charge >= 0.3 is 0 Å². The molecule has 1 amide bonds. The zero-order valence-corrected chi connectivity index (χ0v) is 12.9. The van der Waals surface area contributed by atoms with Crippen LogP contribution in [0.5, 0.6) is 0 Å². The van der Waals surface area contributed by atoms with E-state index >= 15 is 0 Å². The van der Waals surface area contributed by atoms with E-state index in [1.807, 2.05) is 32.9 Å². The summed E-state index contributed by atoms with van der Waals surface area (Å²) in [6.07, 6.45) is 0. The minimum Gasteiger partial charge on any atom is -0.378 e. The van der Waals surface area contributed by atoms with Gasteiger partial charge in [-0.25, -0.2) is 4.98 Å². The topological polar surface area (TPSA) is 51.2 Å². The van der Waals surface area contributed by atoms with Gasteiger partial charge in [0.15, 0.2) is 0 Å². The van der Waals surface area contributed by atoms with Gasteiger partial charge in [0.2, 0.25) is 0 Å². The molecular weight excluding hydrogens is 272 g/mol. The molecular formula is C15H18N2O2S. The number of anilines is 1. The summed E-state index contributed by atoms with van der Waals surface area (Å²) in [6.45, 7) is 6.29.